The molecule has 7 heteroatoms. The van der Waals surface area contributed by atoms with Crippen LogP contribution >= 0.6 is 11.6 Å². The van der Waals surface area contributed by atoms with Crippen LogP contribution in [0.25, 0.3) is 16.8 Å². The van der Waals surface area contributed by atoms with Crippen LogP contribution in [-0.2, 0) is 13.6 Å². The van der Waals surface area contributed by atoms with Gasteiger partial charge in [-0.2, -0.15) is 5.10 Å². The van der Waals surface area contributed by atoms with Crippen molar-refractivity contribution in [1.29, 1.82) is 0 Å². The molecule has 5 rings (SSSR count). The minimum atomic E-state index is 0.468. The molecule has 0 N–H and O–H groups in total. The predicted octanol–water partition coefficient (Wildman–Crippen LogP) is 3.98. The van der Waals surface area contributed by atoms with Crippen molar-refractivity contribution in [3.05, 3.63) is 82.7 Å². The van der Waals surface area contributed by atoms with Gasteiger partial charge < -0.3 is 0 Å². The van der Waals surface area contributed by atoms with Crippen molar-refractivity contribution < 1.29 is 0 Å². The molecule has 0 fully saturated rings. The molecule has 0 spiro atoms. The van der Waals surface area contributed by atoms with Crippen LogP contribution in [0, 0.1) is 6.92 Å². The number of fused-ring (bicyclic) bond motifs is 3. The number of benzene rings is 2. The quantitative estimate of drug-likeness (QED) is 0.521. The van der Waals surface area contributed by atoms with Crippen molar-refractivity contribution in [2.75, 3.05) is 0 Å². The molecule has 0 bridgehead atoms. The van der Waals surface area contributed by atoms with Crippen molar-refractivity contribution in [2.24, 2.45) is 12.0 Å². The van der Waals surface area contributed by atoms with Gasteiger partial charge in [0.15, 0.2) is 5.82 Å². The van der Waals surface area contributed by atoms with Gasteiger partial charge in [0, 0.05) is 35.0 Å². The number of aromatic nitrogens is 5. The highest BCUT2D eigenvalue weighted by Gasteiger charge is 2.22. The first-order valence-electron chi connectivity index (χ1n) is 8.95. The molecule has 4 aromatic rings. The lowest BCUT2D eigenvalue weighted by Gasteiger charge is -2.14. The first kappa shape index (κ1) is 16.9. The lowest BCUT2D eigenvalue weighted by molar-refractivity contribution is 0.768. The zero-order chi connectivity index (χ0) is 19.3. The van der Waals surface area contributed by atoms with E-state index in [-0.39, 0.29) is 0 Å². The number of nitrogens with zero attached hydrogens (tertiary/aromatic N) is 6. The third-order valence-corrected chi connectivity index (χ3v) is 5.17. The molecule has 28 heavy (non-hydrogen) atoms. The molecule has 1 aliphatic heterocycles. The van der Waals surface area contributed by atoms with E-state index in [0.29, 0.717) is 11.6 Å². The highest BCUT2D eigenvalue weighted by Crippen LogP contribution is 2.30. The number of halogens is 1. The summed E-state index contributed by atoms with van der Waals surface area (Å²) in [4.78, 5) is 4.89. The van der Waals surface area contributed by atoms with Crippen LogP contribution in [0.1, 0.15) is 22.8 Å². The zero-order valence-corrected chi connectivity index (χ0v) is 16.2. The summed E-state index contributed by atoms with van der Waals surface area (Å²) in [5.74, 6) is 1.68. The summed E-state index contributed by atoms with van der Waals surface area (Å²) in [6.07, 6.45) is 3.87. The molecule has 6 nitrogen and oxygen atoms in total. The summed E-state index contributed by atoms with van der Waals surface area (Å²) in [6.45, 7) is 2.43. The smallest absolute Gasteiger partial charge is 0.159 e. The standard InChI is InChI=1S/C21H17ClN6/c1-13-25-26-20-11-23-21(14-3-6-17(22)7-4-14)18-9-15(5-8-19(18)28(13)20)16-10-24-27(2)12-16/h3-10,12H,11H2,1-2H3. The number of hydrogen-bond acceptors (Lipinski definition) is 4. The van der Waals surface area contributed by atoms with Gasteiger partial charge in [0.2, 0.25) is 0 Å². The van der Waals surface area contributed by atoms with Crippen LogP contribution < -0.4 is 0 Å². The average Bonchev–Trinajstić information content (AvgIpc) is 3.24. The Balaban J connectivity index is 1.75. The molecule has 0 atom stereocenters. The van der Waals surface area contributed by atoms with Gasteiger partial charge in [-0.1, -0.05) is 29.8 Å². The van der Waals surface area contributed by atoms with Gasteiger partial charge in [0.25, 0.3) is 0 Å². The average molecular weight is 389 g/mol. The third kappa shape index (κ3) is 2.73. The third-order valence-electron chi connectivity index (χ3n) is 4.92. The van der Waals surface area contributed by atoms with Gasteiger partial charge in [-0.3, -0.25) is 14.2 Å². The van der Waals surface area contributed by atoms with Crippen LogP contribution in [0.15, 0.2) is 59.9 Å². The minimum absolute atomic E-state index is 0.468. The van der Waals surface area contributed by atoms with E-state index in [9.17, 15) is 0 Å². The van der Waals surface area contributed by atoms with E-state index in [0.717, 1.165) is 45.3 Å². The second kappa shape index (κ2) is 6.42. The zero-order valence-electron chi connectivity index (χ0n) is 15.5. The fourth-order valence-corrected chi connectivity index (χ4v) is 3.71. The normalized spacial score (nSPS) is 12.9. The van der Waals surface area contributed by atoms with Gasteiger partial charge in [0.1, 0.15) is 12.4 Å². The molecule has 0 amide bonds. The molecule has 0 radical (unpaired) electrons. The van der Waals surface area contributed by atoms with E-state index in [2.05, 4.69) is 38.1 Å². The second-order valence-corrected chi connectivity index (χ2v) is 7.24. The number of aryl methyl sites for hydroxylation is 2. The first-order chi connectivity index (χ1) is 13.6. The van der Waals surface area contributed by atoms with Gasteiger partial charge in [-0.05, 0) is 36.8 Å². The monoisotopic (exact) mass is 388 g/mol. The summed E-state index contributed by atoms with van der Waals surface area (Å²) in [5.41, 5.74) is 6.14. The van der Waals surface area contributed by atoms with Gasteiger partial charge >= 0.3 is 0 Å². The van der Waals surface area contributed by atoms with Gasteiger partial charge in [-0.25, -0.2) is 0 Å². The predicted molar refractivity (Wildman–Crippen MR) is 109 cm³/mol. The van der Waals surface area contributed by atoms with E-state index < -0.39 is 0 Å². The lowest BCUT2D eigenvalue weighted by atomic mass is 9.96. The maximum absolute atomic E-state index is 6.10. The Kier molecular flexibility index (Phi) is 3.87. The lowest BCUT2D eigenvalue weighted by Crippen LogP contribution is -2.08. The molecule has 1 aliphatic rings. The molecule has 138 valence electrons. The van der Waals surface area contributed by atoms with Crippen LogP contribution in [0.5, 0.6) is 0 Å². The Morgan fingerprint density at radius 1 is 0.964 bits per heavy atom. The van der Waals surface area contributed by atoms with Crippen molar-refractivity contribution in [3.63, 3.8) is 0 Å². The SMILES string of the molecule is Cc1nnc2n1-c1ccc(-c3cnn(C)c3)cc1C(c1ccc(Cl)cc1)=NC2. The Labute approximate surface area is 167 Å². The fourth-order valence-electron chi connectivity index (χ4n) is 3.58. The van der Waals surface area contributed by atoms with Crippen molar-refractivity contribution in [3.8, 4) is 16.8 Å². The Morgan fingerprint density at radius 2 is 1.75 bits per heavy atom. The number of aliphatic imine (C=N–C) groups is 1. The molecule has 2 aromatic carbocycles. The summed E-state index contributed by atoms with van der Waals surface area (Å²) < 4.78 is 3.88. The molecule has 2 aromatic heterocycles. The summed E-state index contributed by atoms with van der Waals surface area (Å²) >= 11 is 6.10. The Morgan fingerprint density at radius 3 is 2.50 bits per heavy atom. The van der Waals surface area contributed by atoms with Crippen molar-refractivity contribution in [2.45, 2.75) is 13.5 Å². The maximum atomic E-state index is 6.10. The molecule has 0 saturated carbocycles. The Bertz CT molecular complexity index is 1220. The first-order valence-corrected chi connectivity index (χ1v) is 9.33. The fraction of sp³-hybridized carbons (Fsp3) is 0.143. The second-order valence-electron chi connectivity index (χ2n) is 6.81. The Hall–Kier alpha value is -3.25. The molecule has 0 unspecified atom stereocenters. The summed E-state index contributed by atoms with van der Waals surface area (Å²) in [7, 11) is 1.92. The molecule has 3 heterocycles. The number of hydrogen-bond donors (Lipinski definition) is 0. The van der Waals surface area contributed by atoms with Crippen LogP contribution in [0.2, 0.25) is 5.02 Å². The maximum Gasteiger partial charge on any atom is 0.159 e. The van der Waals surface area contributed by atoms with Crippen LogP contribution in [0.4, 0.5) is 0 Å². The minimum Gasteiger partial charge on any atom is -0.281 e. The largest absolute Gasteiger partial charge is 0.281 e. The number of rotatable bonds is 2. The summed E-state index contributed by atoms with van der Waals surface area (Å²) in [5, 5.41) is 13.6. The molecular formula is C21H17ClN6. The molecule has 0 saturated heterocycles. The van der Waals surface area contributed by atoms with E-state index in [1.165, 1.54) is 0 Å². The van der Waals surface area contributed by atoms with E-state index >= 15 is 0 Å². The van der Waals surface area contributed by atoms with Crippen LogP contribution in [-0.4, -0.2) is 30.3 Å². The van der Waals surface area contributed by atoms with E-state index in [4.69, 9.17) is 16.6 Å². The van der Waals surface area contributed by atoms with Crippen molar-refractivity contribution >= 4 is 17.3 Å². The molecule has 0 aliphatic carbocycles. The van der Waals surface area contributed by atoms with Gasteiger partial charge in [-0.15, -0.1) is 10.2 Å². The van der Waals surface area contributed by atoms with E-state index in [1.54, 1.807) is 4.68 Å². The summed E-state index contributed by atoms with van der Waals surface area (Å²) in [6, 6.07) is 14.1. The molecular weight excluding hydrogens is 372 g/mol. The van der Waals surface area contributed by atoms with E-state index in [1.807, 2.05) is 50.6 Å². The van der Waals surface area contributed by atoms with Crippen molar-refractivity contribution in [1.82, 2.24) is 24.5 Å². The topological polar surface area (TPSA) is 60.9 Å². The van der Waals surface area contributed by atoms with Gasteiger partial charge in [0.05, 0.1) is 17.6 Å². The highest BCUT2D eigenvalue weighted by atomic mass is 35.5. The highest BCUT2D eigenvalue weighted by molar-refractivity contribution is 6.30. The van der Waals surface area contributed by atoms with Crippen LogP contribution in [0.3, 0.4) is 0 Å².